The molecule has 0 aromatic heterocycles. The molecule has 24 heavy (non-hydrogen) atoms. The van der Waals surface area contributed by atoms with Crippen molar-refractivity contribution in [2.45, 2.75) is 58.3 Å². The highest BCUT2D eigenvalue weighted by molar-refractivity contribution is 5.66. The van der Waals surface area contributed by atoms with Gasteiger partial charge in [0.15, 0.2) is 0 Å². The van der Waals surface area contributed by atoms with Gasteiger partial charge in [0.2, 0.25) is 0 Å². The molecule has 0 heterocycles. The van der Waals surface area contributed by atoms with Crippen LogP contribution in [0.2, 0.25) is 0 Å². The number of carboxylic acids is 1. The Bertz CT molecular complexity index is 462. The molecule has 0 aromatic carbocycles. The average Bonchev–Trinajstić information content (AvgIpc) is 2.56. The van der Waals surface area contributed by atoms with Gasteiger partial charge in [0.1, 0.15) is 0 Å². The molecule has 0 radical (unpaired) electrons. The summed E-state index contributed by atoms with van der Waals surface area (Å²) in [5, 5.41) is 8.50. The minimum Gasteiger partial charge on any atom is -0.481 e. The Morgan fingerprint density at radius 3 is 1.71 bits per heavy atom. The van der Waals surface area contributed by atoms with Gasteiger partial charge in [-0.15, -0.1) is 0 Å². The van der Waals surface area contributed by atoms with Crippen LogP contribution in [-0.2, 0) is 4.79 Å². The van der Waals surface area contributed by atoms with E-state index < -0.39 is 5.97 Å². The average molecular weight is 328 g/mol. The minimum atomic E-state index is -0.722. The third-order valence-corrected chi connectivity index (χ3v) is 3.19. The van der Waals surface area contributed by atoms with Gasteiger partial charge >= 0.3 is 5.97 Å². The summed E-state index contributed by atoms with van der Waals surface area (Å²) in [6.45, 7) is 2.21. The highest BCUT2D eigenvalue weighted by Gasteiger charge is 1.92. The maximum Gasteiger partial charge on any atom is 0.303 e. The van der Waals surface area contributed by atoms with Crippen molar-refractivity contribution in [2.24, 2.45) is 0 Å². The van der Waals surface area contributed by atoms with Gasteiger partial charge < -0.3 is 5.11 Å². The summed E-state index contributed by atoms with van der Waals surface area (Å²) in [5.41, 5.74) is 0. The Morgan fingerprint density at radius 1 is 0.708 bits per heavy atom. The summed E-state index contributed by atoms with van der Waals surface area (Å²) in [4.78, 5) is 10.3. The van der Waals surface area contributed by atoms with E-state index in [1.807, 2.05) is 36.5 Å². The van der Waals surface area contributed by atoms with Crippen LogP contribution in [0, 0.1) is 0 Å². The Balaban J connectivity index is 3.60. The fraction of sp³-hybridized carbons (Fsp3) is 0.409. The van der Waals surface area contributed by atoms with Crippen LogP contribution in [-0.4, -0.2) is 11.1 Å². The highest BCUT2D eigenvalue weighted by atomic mass is 16.4. The molecule has 0 spiro atoms. The lowest BCUT2D eigenvalue weighted by atomic mass is 10.2. The van der Waals surface area contributed by atoms with Crippen molar-refractivity contribution in [2.75, 3.05) is 0 Å². The summed E-state index contributed by atoms with van der Waals surface area (Å²) >= 11 is 0. The molecule has 0 aliphatic heterocycles. The molecule has 0 rings (SSSR count). The molecule has 132 valence electrons. The van der Waals surface area contributed by atoms with Gasteiger partial charge in [-0.3, -0.25) is 4.79 Å². The van der Waals surface area contributed by atoms with E-state index in [0.29, 0.717) is 6.42 Å². The van der Waals surface area contributed by atoms with E-state index in [1.54, 1.807) is 0 Å². The highest BCUT2D eigenvalue weighted by Crippen LogP contribution is 1.98. The zero-order chi connectivity index (χ0) is 17.7. The van der Waals surface area contributed by atoms with Gasteiger partial charge in [-0.05, 0) is 32.1 Å². The van der Waals surface area contributed by atoms with Gasteiger partial charge in [0, 0.05) is 6.42 Å². The maximum atomic E-state index is 10.3. The van der Waals surface area contributed by atoms with Crippen LogP contribution in [0.15, 0.2) is 72.9 Å². The van der Waals surface area contributed by atoms with Gasteiger partial charge in [0.05, 0.1) is 0 Å². The lowest BCUT2D eigenvalue weighted by Crippen LogP contribution is -1.92. The smallest absolute Gasteiger partial charge is 0.303 e. The second-order valence-electron chi connectivity index (χ2n) is 5.47. The quantitative estimate of drug-likeness (QED) is 0.223. The summed E-state index contributed by atoms with van der Waals surface area (Å²) in [7, 11) is 0. The van der Waals surface area contributed by atoms with Crippen LogP contribution < -0.4 is 0 Å². The van der Waals surface area contributed by atoms with E-state index in [0.717, 1.165) is 19.3 Å². The Morgan fingerprint density at radius 2 is 1.21 bits per heavy atom. The van der Waals surface area contributed by atoms with Crippen LogP contribution in [0.25, 0.3) is 0 Å². The monoisotopic (exact) mass is 328 g/mol. The Hall–Kier alpha value is -2.09. The molecular weight excluding hydrogens is 296 g/mol. The topological polar surface area (TPSA) is 37.3 Å². The standard InChI is InChI=1S/C22H32O2/c1-2-3-4-5-6-7-8-9-10-11-12-13-14-15-16-17-18-19-20-21-22(23)24/h5-6,8-15,17-18H,2-4,7,16,19-21H2,1H3,(H,23,24)/b6-5+,9-8-,11-10+,13-12+,15-14-,18-17-. The lowest BCUT2D eigenvalue weighted by Gasteiger charge is -1.89. The molecule has 0 saturated carbocycles. The van der Waals surface area contributed by atoms with Crippen LogP contribution in [0.4, 0.5) is 0 Å². The van der Waals surface area contributed by atoms with E-state index in [1.165, 1.54) is 19.3 Å². The first-order chi connectivity index (χ1) is 11.8. The fourth-order valence-electron chi connectivity index (χ4n) is 1.85. The third-order valence-electron chi connectivity index (χ3n) is 3.19. The number of aliphatic carboxylic acids is 1. The van der Waals surface area contributed by atoms with E-state index in [9.17, 15) is 4.79 Å². The van der Waals surface area contributed by atoms with Gasteiger partial charge in [-0.25, -0.2) is 0 Å². The van der Waals surface area contributed by atoms with Crippen LogP contribution in [0.1, 0.15) is 58.3 Å². The summed E-state index contributed by atoms with van der Waals surface area (Å²) in [6, 6.07) is 0. The van der Waals surface area contributed by atoms with E-state index in [2.05, 4.69) is 43.4 Å². The molecule has 0 amide bonds. The minimum absolute atomic E-state index is 0.249. The molecule has 0 fully saturated rings. The third kappa shape index (κ3) is 19.9. The van der Waals surface area contributed by atoms with Crippen LogP contribution >= 0.6 is 0 Å². The van der Waals surface area contributed by atoms with Crippen molar-refractivity contribution < 1.29 is 9.90 Å². The first-order valence-corrected chi connectivity index (χ1v) is 8.94. The van der Waals surface area contributed by atoms with Gasteiger partial charge in [-0.2, -0.15) is 0 Å². The molecule has 0 aliphatic carbocycles. The van der Waals surface area contributed by atoms with Crippen LogP contribution in [0.3, 0.4) is 0 Å². The zero-order valence-corrected chi connectivity index (χ0v) is 14.9. The number of carbonyl (C=O) groups is 1. The molecule has 2 heteroatoms. The largest absolute Gasteiger partial charge is 0.481 e. The number of unbranched alkanes of at least 4 members (excludes halogenated alkanes) is 3. The number of hydrogen-bond acceptors (Lipinski definition) is 1. The van der Waals surface area contributed by atoms with E-state index in [-0.39, 0.29) is 6.42 Å². The Labute approximate surface area is 147 Å². The summed E-state index contributed by atoms with van der Waals surface area (Å²) in [6.07, 6.45) is 32.4. The van der Waals surface area contributed by atoms with E-state index >= 15 is 0 Å². The first kappa shape index (κ1) is 21.9. The molecule has 0 atom stereocenters. The molecule has 0 aromatic rings. The number of carboxylic acid groups (broad SMARTS) is 1. The second-order valence-corrected chi connectivity index (χ2v) is 5.47. The maximum absolute atomic E-state index is 10.3. The van der Waals surface area contributed by atoms with E-state index in [4.69, 9.17) is 5.11 Å². The molecule has 0 unspecified atom stereocenters. The molecule has 2 nitrogen and oxygen atoms in total. The Kier molecular flexibility index (Phi) is 17.3. The number of allylic oxidation sites excluding steroid dienone is 12. The van der Waals surface area contributed by atoms with Crippen molar-refractivity contribution in [1.82, 2.24) is 0 Å². The number of hydrogen-bond donors (Lipinski definition) is 1. The van der Waals surface area contributed by atoms with Crippen molar-refractivity contribution in [3.05, 3.63) is 72.9 Å². The summed E-state index contributed by atoms with van der Waals surface area (Å²) in [5.74, 6) is -0.722. The lowest BCUT2D eigenvalue weighted by molar-refractivity contribution is -0.137. The zero-order valence-electron chi connectivity index (χ0n) is 14.9. The predicted octanol–water partition coefficient (Wildman–Crippen LogP) is 6.55. The predicted molar refractivity (Wildman–Crippen MR) is 105 cm³/mol. The van der Waals surface area contributed by atoms with Crippen molar-refractivity contribution in [1.29, 1.82) is 0 Å². The van der Waals surface area contributed by atoms with Gasteiger partial charge in [-0.1, -0.05) is 92.7 Å². The SMILES string of the molecule is CCCC/C=C/C\C=C/C=C/C=C/C=C\C/C=C\CCCC(=O)O. The summed E-state index contributed by atoms with van der Waals surface area (Å²) < 4.78 is 0. The van der Waals surface area contributed by atoms with Crippen LogP contribution in [0.5, 0.6) is 0 Å². The van der Waals surface area contributed by atoms with Crippen molar-refractivity contribution in [3.8, 4) is 0 Å². The normalized spacial score (nSPS) is 13.0. The molecule has 0 bridgehead atoms. The van der Waals surface area contributed by atoms with Gasteiger partial charge in [0.25, 0.3) is 0 Å². The number of rotatable bonds is 14. The molecule has 0 saturated heterocycles. The van der Waals surface area contributed by atoms with Crippen molar-refractivity contribution >= 4 is 5.97 Å². The molecular formula is C22H32O2. The first-order valence-electron chi connectivity index (χ1n) is 8.94. The molecule has 0 aliphatic rings. The fourth-order valence-corrected chi connectivity index (χ4v) is 1.85. The molecule has 1 N–H and O–H groups in total. The van der Waals surface area contributed by atoms with Crippen molar-refractivity contribution in [3.63, 3.8) is 0 Å². The second kappa shape index (κ2) is 19.0.